The standard InChI is InChI=1S/C12H12ClNO/c1-2-3-4-7-15-12-6-5-10(9-14)8-11(12)13/h2,5-6,8H,1,3-4,7H2. The van der Waals surface area contributed by atoms with Crippen molar-refractivity contribution in [1.29, 1.82) is 5.26 Å². The van der Waals surface area contributed by atoms with Crippen molar-refractivity contribution in [1.82, 2.24) is 0 Å². The summed E-state index contributed by atoms with van der Waals surface area (Å²) in [6.07, 6.45) is 3.69. The van der Waals surface area contributed by atoms with E-state index in [9.17, 15) is 0 Å². The zero-order valence-electron chi connectivity index (χ0n) is 8.37. The number of unbranched alkanes of at least 4 members (excludes halogenated alkanes) is 1. The Balaban J connectivity index is 2.55. The number of nitriles is 1. The molecule has 3 heteroatoms. The quantitative estimate of drug-likeness (QED) is 0.563. The number of hydrogen-bond acceptors (Lipinski definition) is 2. The lowest BCUT2D eigenvalue weighted by molar-refractivity contribution is 0.312. The maximum absolute atomic E-state index is 8.64. The number of benzene rings is 1. The largest absolute Gasteiger partial charge is 0.492 e. The molecule has 0 radical (unpaired) electrons. The highest BCUT2D eigenvalue weighted by molar-refractivity contribution is 6.32. The molecule has 0 spiro atoms. The molecule has 0 saturated carbocycles. The maximum Gasteiger partial charge on any atom is 0.137 e. The van der Waals surface area contributed by atoms with E-state index in [0.29, 0.717) is 22.9 Å². The molecule has 78 valence electrons. The number of hydrogen-bond donors (Lipinski definition) is 0. The minimum Gasteiger partial charge on any atom is -0.492 e. The number of allylic oxidation sites excluding steroid dienone is 1. The van der Waals surface area contributed by atoms with E-state index in [1.807, 2.05) is 12.1 Å². The molecule has 2 nitrogen and oxygen atoms in total. The Morgan fingerprint density at radius 3 is 2.93 bits per heavy atom. The third-order valence-electron chi connectivity index (χ3n) is 1.87. The third-order valence-corrected chi connectivity index (χ3v) is 2.17. The molecule has 0 heterocycles. The van der Waals surface area contributed by atoms with Crippen LogP contribution in [-0.4, -0.2) is 6.61 Å². The van der Waals surface area contributed by atoms with Gasteiger partial charge in [0.15, 0.2) is 0 Å². The second kappa shape index (κ2) is 6.10. The zero-order chi connectivity index (χ0) is 11.1. The lowest BCUT2D eigenvalue weighted by atomic mass is 10.2. The zero-order valence-corrected chi connectivity index (χ0v) is 9.13. The fourth-order valence-corrected chi connectivity index (χ4v) is 1.33. The van der Waals surface area contributed by atoms with Gasteiger partial charge in [0.05, 0.1) is 23.3 Å². The Labute approximate surface area is 94.7 Å². The first-order valence-electron chi connectivity index (χ1n) is 4.71. The molecule has 0 aliphatic carbocycles. The molecule has 0 aliphatic heterocycles. The topological polar surface area (TPSA) is 33.0 Å². The van der Waals surface area contributed by atoms with Crippen LogP contribution in [0.3, 0.4) is 0 Å². The first-order valence-corrected chi connectivity index (χ1v) is 5.09. The predicted octanol–water partition coefficient (Wildman–Crippen LogP) is 3.56. The minimum atomic E-state index is 0.479. The Morgan fingerprint density at radius 1 is 1.53 bits per heavy atom. The first kappa shape index (κ1) is 11.6. The summed E-state index contributed by atoms with van der Waals surface area (Å²) in [6.45, 7) is 4.24. The van der Waals surface area contributed by atoms with Gasteiger partial charge in [0.2, 0.25) is 0 Å². The van der Waals surface area contributed by atoms with Gasteiger partial charge in [-0.05, 0) is 31.0 Å². The number of nitrogens with zero attached hydrogens (tertiary/aromatic N) is 1. The molecule has 0 unspecified atom stereocenters. The molecule has 0 aliphatic rings. The Hall–Kier alpha value is -1.46. The van der Waals surface area contributed by atoms with Crippen LogP contribution in [0.4, 0.5) is 0 Å². The molecule has 1 rings (SSSR count). The molecule has 15 heavy (non-hydrogen) atoms. The van der Waals surface area contributed by atoms with Crippen molar-refractivity contribution in [2.45, 2.75) is 12.8 Å². The normalized spacial score (nSPS) is 9.33. The summed E-state index contributed by atoms with van der Waals surface area (Å²) in [5, 5.41) is 9.12. The van der Waals surface area contributed by atoms with E-state index < -0.39 is 0 Å². The van der Waals surface area contributed by atoms with Gasteiger partial charge in [-0.15, -0.1) is 6.58 Å². The third kappa shape index (κ3) is 3.65. The van der Waals surface area contributed by atoms with Crippen LogP contribution < -0.4 is 4.74 Å². The van der Waals surface area contributed by atoms with Gasteiger partial charge < -0.3 is 4.74 Å². The van der Waals surface area contributed by atoms with Crippen LogP contribution >= 0.6 is 11.6 Å². The smallest absolute Gasteiger partial charge is 0.137 e. The molecule has 0 bridgehead atoms. The molecule has 0 atom stereocenters. The lowest BCUT2D eigenvalue weighted by Gasteiger charge is -2.06. The molecule has 0 saturated heterocycles. The number of halogens is 1. The number of rotatable bonds is 5. The molecular weight excluding hydrogens is 210 g/mol. The Kier molecular flexibility index (Phi) is 4.73. The number of ether oxygens (including phenoxy) is 1. The van der Waals surface area contributed by atoms with Gasteiger partial charge in [-0.2, -0.15) is 5.26 Å². The summed E-state index contributed by atoms with van der Waals surface area (Å²) in [7, 11) is 0. The van der Waals surface area contributed by atoms with Crippen LogP contribution in [0.2, 0.25) is 5.02 Å². The molecule has 0 aromatic heterocycles. The molecule has 1 aromatic rings. The molecular formula is C12H12ClNO. The van der Waals surface area contributed by atoms with Crippen molar-refractivity contribution in [3.63, 3.8) is 0 Å². The van der Waals surface area contributed by atoms with Crippen LogP contribution in [0.5, 0.6) is 5.75 Å². The SMILES string of the molecule is C=CCCCOc1ccc(C#N)cc1Cl. The monoisotopic (exact) mass is 221 g/mol. The van der Waals surface area contributed by atoms with Crippen LogP contribution in [0.15, 0.2) is 30.9 Å². The van der Waals surface area contributed by atoms with Gasteiger partial charge >= 0.3 is 0 Å². The Bertz CT molecular complexity index is 382. The average molecular weight is 222 g/mol. The molecule has 0 fully saturated rings. The van der Waals surface area contributed by atoms with E-state index in [0.717, 1.165) is 12.8 Å². The highest BCUT2D eigenvalue weighted by Gasteiger charge is 2.02. The van der Waals surface area contributed by atoms with E-state index >= 15 is 0 Å². The first-order chi connectivity index (χ1) is 7.27. The summed E-state index contributed by atoms with van der Waals surface area (Å²) in [5.41, 5.74) is 0.540. The van der Waals surface area contributed by atoms with Crippen LogP contribution in [0.25, 0.3) is 0 Å². The second-order valence-electron chi connectivity index (χ2n) is 3.04. The van der Waals surface area contributed by atoms with Gasteiger partial charge in [-0.25, -0.2) is 0 Å². The maximum atomic E-state index is 8.64. The van der Waals surface area contributed by atoms with E-state index in [2.05, 4.69) is 6.58 Å². The minimum absolute atomic E-state index is 0.479. The van der Waals surface area contributed by atoms with Gasteiger partial charge in [0.25, 0.3) is 0 Å². The van der Waals surface area contributed by atoms with Crippen LogP contribution in [0.1, 0.15) is 18.4 Å². The summed E-state index contributed by atoms with van der Waals surface area (Å²) in [5.74, 6) is 0.625. The Morgan fingerprint density at radius 2 is 2.33 bits per heavy atom. The van der Waals surface area contributed by atoms with Crippen molar-refractivity contribution < 1.29 is 4.74 Å². The van der Waals surface area contributed by atoms with Gasteiger partial charge in [0, 0.05) is 0 Å². The van der Waals surface area contributed by atoms with E-state index in [-0.39, 0.29) is 0 Å². The lowest BCUT2D eigenvalue weighted by Crippen LogP contribution is -1.97. The van der Waals surface area contributed by atoms with E-state index in [4.69, 9.17) is 21.6 Å². The van der Waals surface area contributed by atoms with Crippen molar-refractivity contribution in [2.75, 3.05) is 6.61 Å². The van der Waals surface area contributed by atoms with Gasteiger partial charge in [-0.1, -0.05) is 17.7 Å². The van der Waals surface area contributed by atoms with E-state index in [1.165, 1.54) is 0 Å². The summed E-state index contributed by atoms with van der Waals surface area (Å²) in [4.78, 5) is 0. The summed E-state index contributed by atoms with van der Waals surface area (Å²) < 4.78 is 5.45. The summed E-state index contributed by atoms with van der Waals surface area (Å²) >= 11 is 5.92. The second-order valence-corrected chi connectivity index (χ2v) is 3.44. The highest BCUT2D eigenvalue weighted by Crippen LogP contribution is 2.25. The summed E-state index contributed by atoms with van der Waals surface area (Å²) in [6, 6.07) is 7.03. The van der Waals surface area contributed by atoms with Gasteiger partial charge in [0.1, 0.15) is 5.75 Å². The predicted molar refractivity (Wildman–Crippen MR) is 61.1 cm³/mol. The molecule has 1 aromatic carbocycles. The average Bonchev–Trinajstić information content (AvgIpc) is 2.26. The fraction of sp³-hybridized carbons (Fsp3) is 0.250. The molecule has 0 amide bonds. The van der Waals surface area contributed by atoms with Crippen LogP contribution in [0, 0.1) is 11.3 Å². The van der Waals surface area contributed by atoms with Gasteiger partial charge in [-0.3, -0.25) is 0 Å². The molecule has 0 N–H and O–H groups in total. The van der Waals surface area contributed by atoms with Crippen molar-refractivity contribution in [3.8, 4) is 11.8 Å². The highest BCUT2D eigenvalue weighted by atomic mass is 35.5. The van der Waals surface area contributed by atoms with Crippen molar-refractivity contribution in [3.05, 3.63) is 41.4 Å². The van der Waals surface area contributed by atoms with Crippen molar-refractivity contribution in [2.24, 2.45) is 0 Å². The van der Waals surface area contributed by atoms with E-state index in [1.54, 1.807) is 18.2 Å². The van der Waals surface area contributed by atoms with Crippen molar-refractivity contribution >= 4 is 11.6 Å². The van der Waals surface area contributed by atoms with Crippen LogP contribution in [-0.2, 0) is 0 Å². The fourth-order valence-electron chi connectivity index (χ4n) is 1.10.